The van der Waals surface area contributed by atoms with Gasteiger partial charge in [0, 0.05) is 5.41 Å². The fourth-order valence-electron chi connectivity index (χ4n) is 5.48. The van der Waals surface area contributed by atoms with Crippen LogP contribution in [0.3, 0.4) is 0 Å². The lowest BCUT2D eigenvalue weighted by atomic mass is 9.64. The second-order valence-electron chi connectivity index (χ2n) is 10.9. The van der Waals surface area contributed by atoms with E-state index in [1.165, 1.54) is 30.4 Å². The van der Waals surface area contributed by atoms with Gasteiger partial charge in [-0.05, 0) is 67.9 Å². The van der Waals surface area contributed by atoms with Crippen molar-refractivity contribution in [2.24, 2.45) is 11.3 Å². The van der Waals surface area contributed by atoms with Gasteiger partial charge in [0.15, 0.2) is 0 Å². The second kappa shape index (κ2) is 16.5. The fourth-order valence-corrected chi connectivity index (χ4v) is 5.48. The Morgan fingerprint density at radius 1 is 0.842 bits per heavy atom. The minimum absolute atomic E-state index is 0.00175. The van der Waals surface area contributed by atoms with Gasteiger partial charge in [-0.15, -0.1) is 0 Å². The Balaban J connectivity index is 2.16. The highest BCUT2D eigenvalue weighted by atomic mass is 16.5. The van der Waals surface area contributed by atoms with Crippen LogP contribution in [0.5, 0.6) is 0 Å². The van der Waals surface area contributed by atoms with Crippen molar-refractivity contribution in [1.29, 1.82) is 0 Å². The lowest BCUT2D eigenvalue weighted by Crippen LogP contribution is -2.43. The molecule has 212 valence electrons. The number of hydrogen-bond acceptors (Lipinski definition) is 6. The highest BCUT2D eigenvalue weighted by molar-refractivity contribution is 5.88. The number of unbranched alkanes of at least 4 members (excludes halogenated alkanes) is 3. The lowest BCUT2D eigenvalue weighted by Gasteiger charge is -2.43. The topological polar surface area (TPSA) is 93.1 Å². The molecule has 6 heteroatoms. The standard InChI is InChI=1S/C32H48O6/c1-5-7-9-10-26-11-13-27(14-12-26)28-15-17-29(18-16-28)32(19-8-6-2,22-37-30(35)24(3)20-33)23-38-31(36)25(4)21-34/h11-14,28-29,33-34H,3-10,15-23H2,1-2H3. The fraction of sp³-hybridized carbons (Fsp3) is 0.625. The number of ether oxygens (including phenoxy) is 2. The molecule has 38 heavy (non-hydrogen) atoms. The third-order valence-corrected chi connectivity index (χ3v) is 8.08. The highest BCUT2D eigenvalue weighted by Crippen LogP contribution is 2.47. The van der Waals surface area contributed by atoms with Gasteiger partial charge >= 0.3 is 11.9 Å². The van der Waals surface area contributed by atoms with Crippen LogP contribution in [-0.2, 0) is 25.5 Å². The largest absolute Gasteiger partial charge is 0.462 e. The molecule has 2 N–H and O–H groups in total. The van der Waals surface area contributed by atoms with Crippen LogP contribution in [-0.4, -0.2) is 48.6 Å². The van der Waals surface area contributed by atoms with Gasteiger partial charge in [-0.2, -0.15) is 0 Å². The summed E-state index contributed by atoms with van der Waals surface area (Å²) in [7, 11) is 0. The third kappa shape index (κ3) is 9.39. The Kier molecular flexibility index (Phi) is 13.8. The van der Waals surface area contributed by atoms with Gasteiger partial charge in [-0.25, -0.2) is 9.59 Å². The van der Waals surface area contributed by atoms with E-state index in [0.29, 0.717) is 5.92 Å². The molecule has 1 aromatic carbocycles. The smallest absolute Gasteiger partial charge is 0.335 e. The molecule has 2 rings (SSSR count). The predicted molar refractivity (Wildman–Crippen MR) is 151 cm³/mol. The zero-order valence-electron chi connectivity index (χ0n) is 23.5. The summed E-state index contributed by atoms with van der Waals surface area (Å²) in [5.74, 6) is -0.586. The van der Waals surface area contributed by atoms with Crippen LogP contribution in [0.25, 0.3) is 0 Å². The van der Waals surface area contributed by atoms with Crippen LogP contribution in [0.4, 0.5) is 0 Å². The second-order valence-corrected chi connectivity index (χ2v) is 10.9. The number of aliphatic hydroxyl groups is 2. The Hall–Kier alpha value is -2.44. The number of aryl methyl sites for hydroxylation is 1. The van der Waals surface area contributed by atoms with Gasteiger partial charge in [-0.1, -0.05) is 77.0 Å². The molecule has 6 nitrogen and oxygen atoms in total. The van der Waals surface area contributed by atoms with E-state index in [2.05, 4.69) is 51.3 Å². The molecule has 0 radical (unpaired) electrons. The molecule has 0 amide bonds. The minimum atomic E-state index is -0.632. The van der Waals surface area contributed by atoms with Gasteiger partial charge < -0.3 is 19.7 Å². The molecular weight excluding hydrogens is 480 g/mol. The molecule has 1 saturated carbocycles. The molecule has 1 aliphatic rings. The van der Waals surface area contributed by atoms with Crippen molar-refractivity contribution < 1.29 is 29.3 Å². The van der Waals surface area contributed by atoms with Crippen molar-refractivity contribution in [2.75, 3.05) is 26.4 Å². The van der Waals surface area contributed by atoms with E-state index in [-0.39, 0.29) is 30.3 Å². The molecule has 0 aromatic heterocycles. The number of rotatable bonds is 17. The van der Waals surface area contributed by atoms with E-state index in [1.807, 2.05) is 0 Å². The van der Waals surface area contributed by atoms with Crippen molar-refractivity contribution in [3.8, 4) is 0 Å². The maximum atomic E-state index is 12.4. The first-order valence-electron chi connectivity index (χ1n) is 14.3. The number of esters is 2. The van der Waals surface area contributed by atoms with Gasteiger partial charge in [0.2, 0.25) is 0 Å². The number of hydrogen-bond donors (Lipinski definition) is 2. The summed E-state index contributed by atoms with van der Waals surface area (Å²) in [6.45, 7) is 10.7. The Morgan fingerprint density at radius 2 is 1.37 bits per heavy atom. The summed E-state index contributed by atoms with van der Waals surface area (Å²) in [6.07, 6.45) is 11.3. The third-order valence-electron chi connectivity index (χ3n) is 8.08. The summed E-state index contributed by atoms with van der Waals surface area (Å²) in [5, 5.41) is 18.6. The van der Waals surface area contributed by atoms with E-state index in [9.17, 15) is 19.8 Å². The molecule has 0 spiro atoms. The molecule has 0 saturated heterocycles. The first-order chi connectivity index (χ1) is 18.3. The van der Waals surface area contributed by atoms with Crippen LogP contribution < -0.4 is 0 Å². The maximum Gasteiger partial charge on any atom is 0.335 e. The monoisotopic (exact) mass is 528 g/mol. The van der Waals surface area contributed by atoms with Crippen molar-refractivity contribution in [3.05, 3.63) is 59.7 Å². The van der Waals surface area contributed by atoms with E-state index in [0.717, 1.165) is 51.4 Å². The number of benzene rings is 1. The molecule has 0 unspecified atom stereocenters. The average molecular weight is 529 g/mol. The van der Waals surface area contributed by atoms with E-state index in [1.54, 1.807) is 0 Å². The molecule has 1 aromatic rings. The van der Waals surface area contributed by atoms with Gasteiger partial charge in [0.05, 0.1) is 24.4 Å². The first kappa shape index (κ1) is 31.8. The quantitative estimate of drug-likeness (QED) is 0.145. The molecule has 0 heterocycles. The molecule has 1 aliphatic carbocycles. The molecule has 0 atom stereocenters. The number of aliphatic hydroxyl groups excluding tert-OH is 2. The van der Waals surface area contributed by atoms with E-state index in [4.69, 9.17) is 9.47 Å². The summed E-state index contributed by atoms with van der Waals surface area (Å²) >= 11 is 0. The normalized spacial score (nSPS) is 17.6. The van der Waals surface area contributed by atoms with Crippen molar-refractivity contribution >= 4 is 11.9 Å². The van der Waals surface area contributed by atoms with Gasteiger partial charge in [-0.3, -0.25) is 0 Å². The lowest BCUT2D eigenvalue weighted by molar-refractivity contribution is -0.155. The van der Waals surface area contributed by atoms with Crippen LogP contribution in [0, 0.1) is 11.3 Å². The van der Waals surface area contributed by atoms with Crippen LogP contribution in [0.15, 0.2) is 48.6 Å². The van der Waals surface area contributed by atoms with Crippen molar-refractivity contribution in [2.45, 2.75) is 90.4 Å². The van der Waals surface area contributed by atoms with Crippen LogP contribution in [0.1, 0.15) is 95.1 Å². The summed E-state index contributed by atoms with van der Waals surface area (Å²) in [4.78, 5) is 24.8. The summed E-state index contributed by atoms with van der Waals surface area (Å²) < 4.78 is 11.3. The zero-order chi connectivity index (χ0) is 28.0. The Labute approximate surface area is 229 Å². The summed E-state index contributed by atoms with van der Waals surface area (Å²) in [5.41, 5.74) is 2.22. The van der Waals surface area contributed by atoms with Crippen molar-refractivity contribution in [1.82, 2.24) is 0 Å². The molecule has 0 bridgehead atoms. The summed E-state index contributed by atoms with van der Waals surface area (Å²) in [6, 6.07) is 9.09. The molecular formula is C32H48O6. The number of carbonyl (C=O) groups is 2. The molecule has 0 aliphatic heterocycles. The van der Waals surface area contributed by atoms with E-state index < -0.39 is 30.6 Å². The zero-order valence-corrected chi connectivity index (χ0v) is 23.5. The Bertz CT molecular complexity index is 863. The Morgan fingerprint density at radius 3 is 1.84 bits per heavy atom. The maximum absolute atomic E-state index is 12.4. The minimum Gasteiger partial charge on any atom is -0.462 e. The average Bonchev–Trinajstić information content (AvgIpc) is 2.96. The van der Waals surface area contributed by atoms with Crippen LogP contribution >= 0.6 is 0 Å². The van der Waals surface area contributed by atoms with Crippen molar-refractivity contribution in [3.63, 3.8) is 0 Å². The first-order valence-corrected chi connectivity index (χ1v) is 14.3. The van der Waals surface area contributed by atoms with E-state index >= 15 is 0 Å². The number of carbonyl (C=O) groups excluding carboxylic acids is 2. The molecule has 1 fully saturated rings. The predicted octanol–water partition coefficient (Wildman–Crippen LogP) is 6.05. The van der Waals surface area contributed by atoms with Crippen LogP contribution in [0.2, 0.25) is 0 Å². The highest BCUT2D eigenvalue weighted by Gasteiger charge is 2.43. The van der Waals surface area contributed by atoms with Gasteiger partial charge in [0.25, 0.3) is 0 Å². The van der Waals surface area contributed by atoms with Gasteiger partial charge in [0.1, 0.15) is 13.2 Å². The SMILES string of the molecule is C=C(CO)C(=O)OCC(CCCC)(COC(=O)C(=C)CO)C1CCC(c2ccc(CCCCC)cc2)CC1.